The lowest BCUT2D eigenvalue weighted by molar-refractivity contribution is 1.26. The van der Waals surface area contributed by atoms with Gasteiger partial charge >= 0.3 is 0 Å². The number of hydrogen-bond acceptors (Lipinski definition) is 3. The van der Waals surface area contributed by atoms with E-state index in [1.807, 2.05) is 30.5 Å². The molecule has 0 aliphatic heterocycles. The summed E-state index contributed by atoms with van der Waals surface area (Å²) < 4.78 is 2.02. The van der Waals surface area contributed by atoms with E-state index in [2.05, 4.69) is 54.0 Å². The molecule has 3 rings (SSSR count). The molecule has 0 N–H and O–H groups in total. The first kappa shape index (κ1) is 13.1. The summed E-state index contributed by atoms with van der Waals surface area (Å²) in [5.41, 5.74) is 1.82. The van der Waals surface area contributed by atoms with Gasteiger partial charge in [-0.3, -0.25) is 9.97 Å². The molecule has 0 aliphatic carbocycles. The molecule has 19 heavy (non-hydrogen) atoms. The first-order valence-electron chi connectivity index (χ1n) is 5.56. The van der Waals surface area contributed by atoms with Crippen LogP contribution in [0.25, 0.3) is 11.0 Å². The van der Waals surface area contributed by atoms with Crippen molar-refractivity contribution in [2.75, 3.05) is 0 Å². The summed E-state index contributed by atoms with van der Waals surface area (Å²) in [6, 6.07) is 12.2. The summed E-state index contributed by atoms with van der Waals surface area (Å²) in [7, 11) is 0. The fourth-order valence-corrected chi connectivity index (χ4v) is 3.56. The maximum Gasteiger partial charge on any atom is 0.103 e. The predicted molar refractivity (Wildman–Crippen MR) is 85.5 cm³/mol. The van der Waals surface area contributed by atoms with Crippen LogP contribution in [0.1, 0.15) is 0 Å². The molecule has 3 aromatic rings. The molecule has 94 valence electrons. The van der Waals surface area contributed by atoms with E-state index in [1.165, 1.54) is 4.90 Å². The number of aromatic nitrogens is 2. The fraction of sp³-hybridized carbons (Fsp3) is 0. The highest BCUT2D eigenvalue weighted by molar-refractivity contribution is 9.10. The molecule has 0 saturated heterocycles. The van der Waals surface area contributed by atoms with Gasteiger partial charge in [0.2, 0.25) is 0 Å². The lowest BCUT2D eigenvalue weighted by Gasteiger charge is -2.05. The van der Waals surface area contributed by atoms with Gasteiger partial charge < -0.3 is 0 Å². The zero-order chi connectivity index (χ0) is 13.2. The Morgan fingerprint density at radius 3 is 2.68 bits per heavy atom. The Morgan fingerprint density at radius 1 is 0.947 bits per heavy atom. The predicted octanol–water partition coefficient (Wildman–Crippen LogP) is 5.31. The summed E-state index contributed by atoms with van der Waals surface area (Å²) >= 11 is 8.59. The number of nitrogens with zero attached hydrogens (tertiary/aromatic N) is 2. The van der Waals surface area contributed by atoms with Gasteiger partial charge in [0.15, 0.2) is 0 Å². The molecule has 0 spiro atoms. The number of benzene rings is 1. The lowest BCUT2D eigenvalue weighted by Crippen LogP contribution is -1.86. The molecule has 0 radical (unpaired) electrons. The van der Waals surface area contributed by atoms with Crippen LogP contribution >= 0.6 is 43.6 Å². The second-order valence-electron chi connectivity index (χ2n) is 3.89. The highest BCUT2D eigenvalue weighted by Gasteiger charge is 2.06. The summed E-state index contributed by atoms with van der Waals surface area (Å²) in [5, 5.41) is 0. The third-order valence-electron chi connectivity index (χ3n) is 2.53. The van der Waals surface area contributed by atoms with Crippen molar-refractivity contribution in [3.63, 3.8) is 0 Å². The molecule has 0 unspecified atom stereocenters. The van der Waals surface area contributed by atoms with Crippen molar-refractivity contribution in [2.45, 2.75) is 9.79 Å². The van der Waals surface area contributed by atoms with Crippen molar-refractivity contribution in [3.05, 3.63) is 57.7 Å². The Bertz CT molecular complexity index is 746. The van der Waals surface area contributed by atoms with E-state index in [9.17, 15) is 0 Å². The van der Waals surface area contributed by atoms with Crippen molar-refractivity contribution in [1.29, 1.82) is 0 Å². The monoisotopic (exact) mass is 394 g/mol. The van der Waals surface area contributed by atoms with E-state index in [-0.39, 0.29) is 0 Å². The second kappa shape index (κ2) is 5.61. The minimum absolute atomic E-state index is 0.898. The van der Waals surface area contributed by atoms with Crippen LogP contribution in [-0.2, 0) is 0 Å². The smallest absolute Gasteiger partial charge is 0.103 e. The molecule has 0 saturated carbocycles. The minimum Gasteiger partial charge on any atom is -0.254 e. The van der Waals surface area contributed by atoms with Crippen molar-refractivity contribution < 1.29 is 0 Å². The second-order valence-corrected chi connectivity index (χ2v) is 6.84. The van der Waals surface area contributed by atoms with Gasteiger partial charge in [0.25, 0.3) is 0 Å². The minimum atomic E-state index is 0.898. The van der Waals surface area contributed by atoms with Crippen LogP contribution in [-0.4, -0.2) is 9.97 Å². The largest absolute Gasteiger partial charge is 0.254 e. The van der Waals surface area contributed by atoms with Crippen molar-refractivity contribution in [1.82, 2.24) is 9.97 Å². The Kier molecular flexibility index (Phi) is 3.86. The molecule has 2 heterocycles. The molecule has 0 atom stereocenters. The van der Waals surface area contributed by atoms with Gasteiger partial charge in [-0.1, -0.05) is 33.8 Å². The standard InChI is InChI=1S/C14H8Br2N2S/c15-9-2-1-3-11(6-9)19-13-4-5-17-12-7-10(16)8-18-14(12)13/h1-8H. The number of fused-ring (bicyclic) bond motifs is 1. The first-order valence-corrected chi connectivity index (χ1v) is 7.96. The average Bonchev–Trinajstić information content (AvgIpc) is 2.38. The van der Waals surface area contributed by atoms with Gasteiger partial charge in [0.05, 0.1) is 5.52 Å². The van der Waals surface area contributed by atoms with Gasteiger partial charge in [0, 0.05) is 31.1 Å². The highest BCUT2D eigenvalue weighted by atomic mass is 79.9. The molecule has 5 heteroatoms. The van der Waals surface area contributed by atoms with Gasteiger partial charge in [-0.2, -0.15) is 0 Å². The molecular weight excluding hydrogens is 388 g/mol. The average molecular weight is 396 g/mol. The quantitative estimate of drug-likeness (QED) is 0.588. The summed E-state index contributed by atoms with van der Waals surface area (Å²) in [6.45, 7) is 0. The van der Waals surface area contributed by atoms with E-state index in [4.69, 9.17) is 0 Å². The van der Waals surface area contributed by atoms with Crippen LogP contribution in [0.15, 0.2) is 67.5 Å². The third kappa shape index (κ3) is 2.99. The third-order valence-corrected chi connectivity index (χ3v) is 4.50. The maximum atomic E-state index is 4.46. The molecule has 0 bridgehead atoms. The Morgan fingerprint density at radius 2 is 1.84 bits per heavy atom. The molecule has 0 amide bonds. The van der Waals surface area contributed by atoms with Gasteiger partial charge in [-0.25, -0.2) is 0 Å². The van der Waals surface area contributed by atoms with E-state index in [0.717, 1.165) is 24.9 Å². The van der Waals surface area contributed by atoms with Crippen LogP contribution in [0.4, 0.5) is 0 Å². The SMILES string of the molecule is Brc1cccc(Sc2ccnc3cc(Br)cnc23)c1. The fourth-order valence-electron chi connectivity index (χ4n) is 1.72. The maximum absolute atomic E-state index is 4.46. The van der Waals surface area contributed by atoms with E-state index in [0.29, 0.717) is 0 Å². The van der Waals surface area contributed by atoms with E-state index < -0.39 is 0 Å². The zero-order valence-electron chi connectivity index (χ0n) is 9.68. The number of hydrogen-bond donors (Lipinski definition) is 0. The number of halogens is 2. The lowest BCUT2D eigenvalue weighted by atomic mass is 10.3. The summed E-state index contributed by atoms with van der Waals surface area (Å²) in [4.78, 5) is 11.1. The van der Waals surface area contributed by atoms with Crippen LogP contribution < -0.4 is 0 Å². The van der Waals surface area contributed by atoms with Gasteiger partial charge in [-0.15, -0.1) is 0 Å². The topological polar surface area (TPSA) is 25.8 Å². The number of pyridine rings is 2. The zero-order valence-corrected chi connectivity index (χ0v) is 13.7. The molecule has 1 aromatic carbocycles. The Labute approximate surface area is 131 Å². The van der Waals surface area contributed by atoms with Crippen molar-refractivity contribution in [2.24, 2.45) is 0 Å². The highest BCUT2D eigenvalue weighted by Crippen LogP contribution is 2.33. The van der Waals surface area contributed by atoms with Gasteiger partial charge in [0.1, 0.15) is 5.52 Å². The van der Waals surface area contributed by atoms with E-state index in [1.54, 1.807) is 18.0 Å². The summed E-state index contributed by atoms with van der Waals surface area (Å²) in [6.07, 6.45) is 3.62. The summed E-state index contributed by atoms with van der Waals surface area (Å²) in [5.74, 6) is 0. The van der Waals surface area contributed by atoms with Crippen LogP contribution in [0.2, 0.25) is 0 Å². The van der Waals surface area contributed by atoms with Gasteiger partial charge in [-0.05, 0) is 46.3 Å². The molecule has 0 fully saturated rings. The van der Waals surface area contributed by atoms with Crippen molar-refractivity contribution in [3.8, 4) is 0 Å². The Balaban J connectivity index is 2.06. The normalized spacial score (nSPS) is 10.8. The van der Waals surface area contributed by atoms with E-state index >= 15 is 0 Å². The molecular formula is C14H8Br2N2S. The molecule has 2 aromatic heterocycles. The van der Waals surface area contributed by atoms with Crippen LogP contribution in [0.3, 0.4) is 0 Å². The Hall–Kier alpha value is -0.910. The molecule has 2 nitrogen and oxygen atoms in total. The van der Waals surface area contributed by atoms with Crippen LogP contribution in [0.5, 0.6) is 0 Å². The molecule has 0 aliphatic rings. The van der Waals surface area contributed by atoms with Crippen LogP contribution in [0, 0.1) is 0 Å². The first-order chi connectivity index (χ1) is 9.22. The number of rotatable bonds is 2. The van der Waals surface area contributed by atoms with Crippen molar-refractivity contribution >= 4 is 54.7 Å².